The maximum absolute atomic E-state index is 5.85. The Morgan fingerprint density at radius 1 is 1.26 bits per heavy atom. The Balaban J connectivity index is 1.72. The van der Waals surface area contributed by atoms with Gasteiger partial charge in [-0.3, -0.25) is 0 Å². The lowest BCUT2D eigenvalue weighted by Gasteiger charge is -2.25. The largest absolute Gasteiger partial charge is 0.420 e. The third-order valence-corrected chi connectivity index (χ3v) is 4.91. The topological polar surface area (TPSA) is 64.9 Å². The van der Waals surface area contributed by atoms with Gasteiger partial charge in [0.05, 0.1) is 4.88 Å². The number of aryl methyl sites for hydroxylation is 1. The molecule has 1 fully saturated rings. The van der Waals surface area contributed by atoms with Gasteiger partial charge in [-0.05, 0) is 57.2 Å². The van der Waals surface area contributed by atoms with Crippen molar-refractivity contribution in [1.82, 2.24) is 10.2 Å². The average molecular weight is 277 g/mol. The van der Waals surface area contributed by atoms with E-state index < -0.39 is 0 Å². The normalized spacial score (nSPS) is 23.7. The van der Waals surface area contributed by atoms with Crippen molar-refractivity contribution >= 4 is 11.3 Å². The highest BCUT2D eigenvalue weighted by Gasteiger charge is 2.25. The first-order valence-electron chi connectivity index (χ1n) is 6.86. The molecule has 2 heterocycles. The van der Waals surface area contributed by atoms with E-state index in [0.29, 0.717) is 17.7 Å². The Bertz CT molecular complexity index is 540. The maximum Gasteiger partial charge on any atom is 0.257 e. The first-order valence-corrected chi connectivity index (χ1v) is 7.68. The van der Waals surface area contributed by atoms with Crippen LogP contribution in [0, 0.1) is 12.8 Å². The Morgan fingerprint density at radius 2 is 2.05 bits per heavy atom. The fraction of sp³-hybridized carbons (Fsp3) is 0.571. The zero-order valence-electron chi connectivity index (χ0n) is 11.1. The van der Waals surface area contributed by atoms with Crippen molar-refractivity contribution in [3.8, 4) is 10.8 Å². The molecule has 0 unspecified atom stereocenters. The quantitative estimate of drug-likeness (QED) is 0.934. The van der Waals surface area contributed by atoms with E-state index in [1.165, 1.54) is 17.7 Å². The van der Waals surface area contributed by atoms with E-state index in [-0.39, 0.29) is 0 Å². The average Bonchev–Trinajstić information content (AvgIpc) is 3.07. The van der Waals surface area contributed by atoms with E-state index >= 15 is 0 Å². The number of nitrogens with zero attached hydrogens (tertiary/aromatic N) is 2. The molecule has 0 bridgehead atoms. The molecule has 0 saturated heterocycles. The van der Waals surface area contributed by atoms with Crippen LogP contribution in [-0.4, -0.2) is 16.7 Å². The van der Waals surface area contributed by atoms with Gasteiger partial charge < -0.3 is 10.2 Å². The molecule has 0 amide bonds. The van der Waals surface area contributed by atoms with E-state index in [4.69, 9.17) is 10.2 Å². The number of aromatic nitrogens is 2. The Kier molecular flexibility index (Phi) is 3.66. The van der Waals surface area contributed by atoms with Crippen LogP contribution >= 0.6 is 11.3 Å². The predicted octanol–water partition coefficient (Wildman–Crippen LogP) is 3.34. The van der Waals surface area contributed by atoms with Gasteiger partial charge in [0.15, 0.2) is 0 Å². The minimum atomic E-state index is 0.421. The monoisotopic (exact) mass is 277 g/mol. The molecule has 1 aliphatic rings. The first-order chi connectivity index (χ1) is 9.26. The van der Waals surface area contributed by atoms with Crippen molar-refractivity contribution in [2.45, 2.75) is 38.5 Å². The Labute approximate surface area is 117 Å². The third-order valence-electron chi connectivity index (χ3n) is 3.92. The van der Waals surface area contributed by atoms with Gasteiger partial charge in [-0.1, -0.05) is 0 Å². The summed E-state index contributed by atoms with van der Waals surface area (Å²) in [5, 5.41) is 8.42. The summed E-state index contributed by atoms with van der Waals surface area (Å²) in [7, 11) is 0. The number of nitrogens with two attached hydrogens (primary N) is 1. The molecule has 0 radical (unpaired) electrons. The van der Waals surface area contributed by atoms with Gasteiger partial charge in [-0.15, -0.1) is 21.5 Å². The highest BCUT2D eigenvalue weighted by atomic mass is 32.1. The summed E-state index contributed by atoms with van der Waals surface area (Å²) in [5.74, 6) is 2.56. The third kappa shape index (κ3) is 2.72. The van der Waals surface area contributed by atoms with Gasteiger partial charge >= 0.3 is 0 Å². The van der Waals surface area contributed by atoms with Gasteiger partial charge in [-0.25, -0.2) is 0 Å². The highest BCUT2D eigenvalue weighted by Crippen LogP contribution is 2.36. The zero-order valence-corrected chi connectivity index (χ0v) is 11.9. The summed E-state index contributed by atoms with van der Waals surface area (Å²) in [4.78, 5) is 2.32. The van der Waals surface area contributed by atoms with E-state index in [0.717, 1.165) is 30.2 Å². The predicted molar refractivity (Wildman–Crippen MR) is 76.1 cm³/mol. The lowest BCUT2D eigenvalue weighted by molar-refractivity contribution is 0.299. The van der Waals surface area contributed by atoms with Crippen LogP contribution in [0.4, 0.5) is 0 Å². The molecule has 0 aromatic carbocycles. The van der Waals surface area contributed by atoms with Crippen molar-refractivity contribution in [3.63, 3.8) is 0 Å². The van der Waals surface area contributed by atoms with Crippen molar-refractivity contribution in [2.24, 2.45) is 11.7 Å². The van der Waals surface area contributed by atoms with Gasteiger partial charge in [0.1, 0.15) is 0 Å². The molecule has 0 aliphatic heterocycles. The summed E-state index contributed by atoms with van der Waals surface area (Å²) >= 11 is 1.69. The maximum atomic E-state index is 5.85. The number of rotatable bonds is 3. The Morgan fingerprint density at radius 3 is 2.68 bits per heavy atom. The fourth-order valence-electron chi connectivity index (χ4n) is 2.69. The molecule has 102 valence electrons. The van der Waals surface area contributed by atoms with Crippen LogP contribution < -0.4 is 5.73 Å². The molecule has 0 atom stereocenters. The summed E-state index contributed by atoms with van der Waals surface area (Å²) in [6.07, 6.45) is 4.59. The SMILES string of the molecule is Cc1ccc(-c2nnc(C3CCC(CN)CC3)o2)s1. The van der Waals surface area contributed by atoms with Gasteiger partial charge in [0, 0.05) is 10.8 Å². The summed E-state index contributed by atoms with van der Waals surface area (Å²) < 4.78 is 5.85. The van der Waals surface area contributed by atoms with Crippen LogP contribution in [0.25, 0.3) is 10.8 Å². The molecule has 2 N–H and O–H groups in total. The summed E-state index contributed by atoms with van der Waals surface area (Å²) in [5.41, 5.74) is 5.72. The van der Waals surface area contributed by atoms with E-state index in [9.17, 15) is 0 Å². The Hall–Kier alpha value is -1.20. The minimum Gasteiger partial charge on any atom is -0.420 e. The second-order valence-electron chi connectivity index (χ2n) is 5.31. The molecule has 1 aliphatic carbocycles. The van der Waals surface area contributed by atoms with Crippen molar-refractivity contribution in [1.29, 1.82) is 0 Å². The minimum absolute atomic E-state index is 0.421. The molecule has 1 saturated carbocycles. The molecule has 5 heteroatoms. The van der Waals surface area contributed by atoms with Crippen molar-refractivity contribution in [2.75, 3.05) is 6.54 Å². The standard InChI is InChI=1S/C14H19N3OS/c1-9-2-7-12(19-9)14-17-16-13(18-14)11-5-3-10(8-15)4-6-11/h2,7,10-11H,3-6,8,15H2,1H3. The summed E-state index contributed by atoms with van der Waals surface area (Å²) in [6, 6.07) is 4.12. The molecule has 0 spiro atoms. The molecule has 2 aromatic heterocycles. The molecule has 2 aromatic rings. The molecule has 3 rings (SSSR count). The van der Waals surface area contributed by atoms with Gasteiger partial charge in [0.25, 0.3) is 5.89 Å². The molecule has 19 heavy (non-hydrogen) atoms. The van der Waals surface area contributed by atoms with Crippen LogP contribution in [0.1, 0.15) is 42.4 Å². The number of hydrogen-bond donors (Lipinski definition) is 1. The lowest BCUT2D eigenvalue weighted by atomic mass is 9.82. The van der Waals surface area contributed by atoms with Crippen molar-refractivity contribution < 1.29 is 4.42 Å². The highest BCUT2D eigenvalue weighted by molar-refractivity contribution is 7.15. The first kappa shape index (κ1) is 12.8. The second kappa shape index (κ2) is 5.43. The molecule has 4 nitrogen and oxygen atoms in total. The fourth-order valence-corrected chi connectivity index (χ4v) is 3.48. The number of thiophene rings is 1. The van der Waals surface area contributed by atoms with E-state index in [2.05, 4.69) is 23.2 Å². The van der Waals surface area contributed by atoms with Gasteiger partial charge in [0.2, 0.25) is 5.89 Å². The van der Waals surface area contributed by atoms with Crippen LogP contribution in [0.3, 0.4) is 0 Å². The smallest absolute Gasteiger partial charge is 0.257 e. The zero-order chi connectivity index (χ0) is 13.2. The van der Waals surface area contributed by atoms with Gasteiger partial charge in [-0.2, -0.15) is 0 Å². The van der Waals surface area contributed by atoms with Crippen LogP contribution in [0.2, 0.25) is 0 Å². The van der Waals surface area contributed by atoms with Crippen LogP contribution in [-0.2, 0) is 0 Å². The number of hydrogen-bond acceptors (Lipinski definition) is 5. The van der Waals surface area contributed by atoms with Crippen LogP contribution in [0.5, 0.6) is 0 Å². The molecular formula is C14H19N3OS. The summed E-state index contributed by atoms with van der Waals surface area (Å²) in [6.45, 7) is 2.88. The molecular weight excluding hydrogens is 258 g/mol. The van der Waals surface area contributed by atoms with Crippen molar-refractivity contribution in [3.05, 3.63) is 22.9 Å². The van der Waals surface area contributed by atoms with E-state index in [1.54, 1.807) is 11.3 Å². The van der Waals surface area contributed by atoms with Crippen LogP contribution in [0.15, 0.2) is 16.5 Å². The lowest BCUT2D eigenvalue weighted by Crippen LogP contribution is -2.20. The van der Waals surface area contributed by atoms with E-state index in [1.807, 2.05) is 6.07 Å². The second-order valence-corrected chi connectivity index (χ2v) is 6.60.